The topological polar surface area (TPSA) is 69.9 Å². The molecule has 152 valence electrons. The minimum Gasteiger partial charge on any atom is -0.368 e. The van der Waals surface area contributed by atoms with Gasteiger partial charge in [-0.2, -0.15) is 0 Å². The van der Waals surface area contributed by atoms with Crippen LogP contribution in [0, 0.1) is 0 Å². The van der Waals surface area contributed by atoms with Gasteiger partial charge in [0.1, 0.15) is 5.60 Å². The van der Waals surface area contributed by atoms with E-state index in [2.05, 4.69) is 47.8 Å². The first kappa shape index (κ1) is 25.9. The monoisotopic (exact) mass is 636 g/mol. The summed E-state index contributed by atoms with van der Waals surface area (Å²) in [7, 11) is -4.83. The number of halogens is 6. The van der Waals surface area contributed by atoms with Gasteiger partial charge in [0.25, 0.3) is 0 Å². The lowest BCUT2D eigenvalue weighted by Crippen LogP contribution is -2.56. The summed E-state index contributed by atoms with van der Waals surface area (Å²) in [5.41, 5.74) is 0.703. The number of hydrogen-bond acceptors (Lipinski definition) is 4. The Morgan fingerprint density at radius 3 is 2.00 bits per heavy atom. The Hall–Kier alpha value is 1.85. The van der Waals surface area contributed by atoms with E-state index in [0.717, 1.165) is 26.5 Å². The molecule has 1 aliphatic rings. The van der Waals surface area contributed by atoms with Crippen LogP contribution in [-0.2, 0) is 4.43 Å². The zero-order chi connectivity index (χ0) is 20.0. The molecule has 2 unspecified atom stereocenters. The Morgan fingerprint density at radius 2 is 1.50 bits per heavy atom. The van der Waals surface area contributed by atoms with Gasteiger partial charge in [0.05, 0.1) is 4.83 Å². The van der Waals surface area contributed by atoms with E-state index in [1.165, 1.54) is 0 Å². The molecule has 0 aromatic heterocycles. The van der Waals surface area contributed by atoms with Crippen LogP contribution in [0.1, 0.15) is 38.5 Å². The fraction of sp³-hybridized carbons (Fsp3) is 0.733. The lowest BCUT2D eigenvalue weighted by Gasteiger charge is -2.46. The van der Waals surface area contributed by atoms with Crippen LogP contribution in [-0.4, -0.2) is 51.5 Å². The Labute approximate surface area is 195 Å². The van der Waals surface area contributed by atoms with Crippen molar-refractivity contribution in [3.63, 3.8) is 0 Å². The molecular formula is C15H22Br3Cl3O4Si. The maximum Gasteiger partial charge on any atom is 0.672 e. The average molecular weight is 640 g/mol. The minimum atomic E-state index is -4.83. The van der Waals surface area contributed by atoms with Crippen LogP contribution in [0.2, 0.25) is 0 Å². The first-order valence-corrected chi connectivity index (χ1v) is 14.0. The van der Waals surface area contributed by atoms with E-state index >= 15 is 0 Å². The Kier molecular flexibility index (Phi) is 11.8. The number of hydrogen-bond donors (Lipinski definition) is 3. The van der Waals surface area contributed by atoms with E-state index in [1.807, 2.05) is 0 Å². The van der Waals surface area contributed by atoms with Crippen LogP contribution < -0.4 is 0 Å². The number of alkyl halides is 4. The van der Waals surface area contributed by atoms with Gasteiger partial charge in [-0.3, -0.25) is 0 Å². The highest BCUT2D eigenvalue weighted by Gasteiger charge is 2.53. The summed E-state index contributed by atoms with van der Waals surface area (Å²) < 4.78 is 7.24. The summed E-state index contributed by atoms with van der Waals surface area (Å²) >= 11 is 28.5. The standard InChI is InChI=1S/C15H22Br3Cl3O4Si/c16-12-10(4-1-7-19)11(5-2-8-20)15(6-3-9-21,14(18)13(12)17)25-26(22,23)24/h14,22-24H,1-9H2. The molecule has 0 heterocycles. The molecule has 26 heavy (non-hydrogen) atoms. The molecule has 3 N–H and O–H groups in total. The summed E-state index contributed by atoms with van der Waals surface area (Å²) in [6, 6.07) is 0. The van der Waals surface area contributed by atoms with Crippen molar-refractivity contribution >= 4 is 91.6 Å². The zero-order valence-electron chi connectivity index (χ0n) is 14.0. The molecule has 0 bridgehead atoms. The predicted molar refractivity (Wildman–Crippen MR) is 121 cm³/mol. The third-order valence-electron chi connectivity index (χ3n) is 4.10. The van der Waals surface area contributed by atoms with Gasteiger partial charge in [-0.1, -0.05) is 31.9 Å². The first-order chi connectivity index (χ1) is 12.1. The highest BCUT2D eigenvalue weighted by molar-refractivity contribution is 9.15. The third-order valence-corrected chi connectivity index (χ3v) is 9.65. The molecule has 0 amide bonds. The molecule has 2 atom stereocenters. The van der Waals surface area contributed by atoms with Gasteiger partial charge >= 0.3 is 9.05 Å². The summed E-state index contributed by atoms with van der Waals surface area (Å²) in [6.07, 6.45) is 3.67. The van der Waals surface area contributed by atoms with Crippen molar-refractivity contribution in [2.75, 3.05) is 17.6 Å². The van der Waals surface area contributed by atoms with E-state index in [-0.39, 0.29) is 0 Å². The molecule has 4 nitrogen and oxygen atoms in total. The van der Waals surface area contributed by atoms with Gasteiger partial charge in [-0.15, -0.1) is 34.8 Å². The van der Waals surface area contributed by atoms with E-state index in [0.29, 0.717) is 49.7 Å². The number of rotatable bonds is 11. The van der Waals surface area contributed by atoms with Gasteiger partial charge in [0.2, 0.25) is 0 Å². The summed E-state index contributed by atoms with van der Waals surface area (Å²) in [6.45, 7) is 0. The Morgan fingerprint density at radius 1 is 0.962 bits per heavy atom. The minimum absolute atomic E-state index is 0.379. The van der Waals surface area contributed by atoms with Gasteiger partial charge in [-0.25, -0.2) is 0 Å². The van der Waals surface area contributed by atoms with Crippen molar-refractivity contribution in [3.05, 3.63) is 20.1 Å². The lowest BCUT2D eigenvalue weighted by atomic mass is 9.76. The molecular weight excluding hydrogens is 618 g/mol. The quantitative estimate of drug-likeness (QED) is 0.212. The fourth-order valence-electron chi connectivity index (χ4n) is 3.13. The van der Waals surface area contributed by atoms with Gasteiger partial charge in [0, 0.05) is 26.6 Å². The van der Waals surface area contributed by atoms with Crippen LogP contribution >= 0.6 is 82.6 Å². The Balaban J connectivity index is 3.58. The highest BCUT2D eigenvalue weighted by atomic mass is 79.9. The molecule has 0 saturated carbocycles. The molecule has 0 saturated heterocycles. The van der Waals surface area contributed by atoms with Crippen molar-refractivity contribution in [3.8, 4) is 0 Å². The summed E-state index contributed by atoms with van der Waals surface area (Å²) in [4.78, 5) is 28.9. The Bertz CT molecular complexity index is 543. The molecule has 0 radical (unpaired) electrons. The zero-order valence-corrected chi connectivity index (χ0v) is 22.0. The SMILES string of the molecule is O[Si](O)(O)OC1(CCCCl)C(CCCCl)=C(CCCCl)C(Br)=C(Br)C1Br. The number of allylic oxidation sites excluding steroid dienone is 2. The molecule has 0 aromatic carbocycles. The van der Waals surface area contributed by atoms with Crippen molar-refractivity contribution in [2.45, 2.75) is 49.0 Å². The molecule has 0 aliphatic heterocycles. The van der Waals surface area contributed by atoms with E-state index in [4.69, 9.17) is 39.2 Å². The summed E-state index contributed by atoms with van der Waals surface area (Å²) in [5, 5.41) is 0. The maximum atomic E-state index is 9.77. The van der Waals surface area contributed by atoms with Crippen molar-refractivity contribution < 1.29 is 18.8 Å². The molecule has 1 aliphatic carbocycles. The van der Waals surface area contributed by atoms with Crippen LogP contribution in [0.3, 0.4) is 0 Å². The van der Waals surface area contributed by atoms with Gasteiger partial charge in [-0.05, 0) is 65.6 Å². The van der Waals surface area contributed by atoms with Crippen LogP contribution in [0.15, 0.2) is 20.1 Å². The van der Waals surface area contributed by atoms with E-state index < -0.39 is 19.5 Å². The first-order valence-electron chi connectivity index (χ1n) is 8.12. The van der Waals surface area contributed by atoms with Crippen molar-refractivity contribution in [1.82, 2.24) is 0 Å². The second-order valence-electron chi connectivity index (χ2n) is 5.92. The lowest BCUT2D eigenvalue weighted by molar-refractivity contribution is -0.0251. The molecule has 1 rings (SSSR count). The molecule has 0 spiro atoms. The average Bonchev–Trinajstić information content (AvgIpc) is 2.57. The van der Waals surface area contributed by atoms with E-state index in [9.17, 15) is 14.4 Å². The second-order valence-corrected chi connectivity index (χ2v) is 11.0. The normalized spacial score (nSPS) is 24.6. The van der Waals surface area contributed by atoms with Gasteiger partial charge < -0.3 is 18.8 Å². The predicted octanol–water partition coefficient (Wildman–Crippen LogP) is 5.29. The third kappa shape index (κ3) is 6.69. The highest BCUT2D eigenvalue weighted by Crippen LogP contribution is 2.52. The smallest absolute Gasteiger partial charge is 0.368 e. The summed E-state index contributed by atoms with van der Waals surface area (Å²) in [5.74, 6) is 1.33. The van der Waals surface area contributed by atoms with Crippen LogP contribution in [0.5, 0.6) is 0 Å². The fourth-order valence-corrected chi connectivity index (χ4v) is 6.94. The second kappa shape index (κ2) is 11.9. The molecule has 0 aromatic rings. The van der Waals surface area contributed by atoms with Gasteiger partial charge in [0.15, 0.2) is 0 Å². The van der Waals surface area contributed by atoms with Crippen molar-refractivity contribution in [1.29, 1.82) is 0 Å². The molecule has 11 heteroatoms. The van der Waals surface area contributed by atoms with Crippen LogP contribution in [0.4, 0.5) is 0 Å². The van der Waals surface area contributed by atoms with Crippen molar-refractivity contribution in [2.24, 2.45) is 0 Å². The van der Waals surface area contributed by atoms with E-state index in [1.54, 1.807) is 0 Å². The maximum absolute atomic E-state index is 9.77. The largest absolute Gasteiger partial charge is 0.672 e. The van der Waals surface area contributed by atoms with Crippen LogP contribution in [0.25, 0.3) is 0 Å². The molecule has 0 fully saturated rings.